The molecule has 1 radical (unpaired) electrons. The average molecular weight is 421 g/mol. The van der Waals surface area contributed by atoms with Crippen LogP contribution >= 0.6 is 0 Å². The molecule has 0 aliphatic heterocycles. The third-order valence-corrected chi connectivity index (χ3v) is 11.7. The second-order valence-electron chi connectivity index (χ2n) is 4.06. The van der Waals surface area contributed by atoms with E-state index < -0.39 is 19.8 Å². The summed E-state index contributed by atoms with van der Waals surface area (Å²) in [4.78, 5) is 0. The molecule has 0 unspecified atom stereocenters. The number of unbranched alkanes of at least 4 members (excludes halogenated alkanes) is 3. The van der Waals surface area contributed by atoms with Crippen LogP contribution in [-0.4, -0.2) is 19.8 Å². The molecule has 0 aromatic heterocycles. The minimum Gasteiger partial charge on any atom is -0.346 e. The molecule has 109 valence electrons. The van der Waals surface area contributed by atoms with Crippen LogP contribution in [-0.2, 0) is 19.5 Å². The molecule has 0 saturated heterocycles. The molecule has 0 rings (SSSR count). The van der Waals surface area contributed by atoms with Gasteiger partial charge in [-0.05, 0) is 0 Å². The van der Waals surface area contributed by atoms with Crippen LogP contribution in [0.2, 0.25) is 13.3 Å². The molecular formula is C16H37LiSnZn-. The van der Waals surface area contributed by atoms with Crippen molar-refractivity contribution in [1.82, 2.24) is 0 Å². The molecule has 0 aliphatic rings. The van der Waals surface area contributed by atoms with Gasteiger partial charge in [0.25, 0.3) is 0 Å². The Labute approximate surface area is 157 Å². The first-order valence-corrected chi connectivity index (χ1v) is 13.7. The van der Waals surface area contributed by atoms with Crippen LogP contribution < -0.4 is 18.9 Å². The van der Waals surface area contributed by atoms with Crippen LogP contribution in [0, 0.1) is 13.8 Å². The van der Waals surface area contributed by atoms with E-state index in [0.29, 0.717) is 0 Å². The maximum atomic E-state index is 3.25. The van der Waals surface area contributed by atoms with E-state index in [1.165, 1.54) is 38.5 Å². The first-order valence-electron chi connectivity index (χ1n) is 7.60. The van der Waals surface area contributed by atoms with Crippen LogP contribution in [0.5, 0.6) is 0 Å². The molecular weight excluding hydrogens is 383 g/mol. The van der Waals surface area contributed by atoms with Crippen molar-refractivity contribution in [2.75, 3.05) is 0 Å². The van der Waals surface area contributed by atoms with Gasteiger partial charge in [0.2, 0.25) is 0 Å². The Kier molecular flexibility index (Phi) is 63.7. The van der Waals surface area contributed by atoms with E-state index >= 15 is 0 Å². The quantitative estimate of drug-likeness (QED) is 0.395. The van der Waals surface area contributed by atoms with Gasteiger partial charge >= 0.3 is 111 Å². The molecule has 0 bridgehead atoms. The third kappa shape index (κ3) is 33.1. The van der Waals surface area contributed by atoms with Crippen LogP contribution in [0.4, 0.5) is 0 Å². The van der Waals surface area contributed by atoms with Gasteiger partial charge in [-0.2, -0.15) is 13.8 Å². The fraction of sp³-hybridized carbons (Fsp3) is 0.875. The van der Waals surface area contributed by atoms with Crippen LogP contribution in [0.1, 0.15) is 73.1 Å². The summed E-state index contributed by atoms with van der Waals surface area (Å²) in [6.07, 6.45) is 8.85. The smallest absolute Gasteiger partial charge is 0.346 e. The molecule has 0 aromatic carbocycles. The van der Waals surface area contributed by atoms with E-state index in [9.17, 15) is 0 Å². The van der Waals surface area contributed by atoms with Crippen LogP contribution in [0.25, 0.3) is 0 Å². The van der Waals surface area contributed by atoms with E-state index in [1.807, 2.05) is 0 Å². The van der Waals surface area contributed by atoms with Crippen molar-refractivity contribution in [3.63, 3.8) is 0 Å². The minimum absolute atomic E-state index is 0. The molecule has 0 atom stereocenters. The SMILES string of the molecule is CCC[CH2][Sn]([CH2]CCC)[CH2]CCC.[CH2-]C.[CH2-]C.[Li+].[Zn]. The van der Waals surface area contributed by atoms with Crippen molar-refractivity contribution in [3.8, 4) is 0 Å². The summed E-state index contributed by atoms with van der Waals surface area (Å²) in [6, 6.07) is 0. The van der Waals surface area contributed by atoms with E-state index in [0.717, 1.165) is 0 Å². The second-order valence-corrected chi connectivity index (χ2v) is 12.6. The van der Waals surface area contributed by atoms with E-state index in [2.05, 4.69) is 34.6 Å². The summed E-state index contributed by atoms with van der Waals surface area (Å²) in [5, 5.41) is 0. The molecule has 0 nitrogen and oxygen atoms in total. The Balaban J connectivity index is -0.0000000988. The molecule has 0 aromatic rings. The van der Waals surface area contributed by atoms with Gasteiger partial charge in [-0.1, -0.05) is 0 Å². The van der Waals surface area contributed by atoms with Gasteiger partial charge in [-0.25, -0.2) is 0 Å². The standard InChI is InChI=1S/3C4H9.2C2H5.Li.Sn.Zn/c3*1-3-4-2;2*1-2;;;/h3*1,3-4H2,2H3;2*1H2,2H3;;;/q;;;2*-1;+1;;. The molecule has 0 heterocycles. The van der Waals surface area contributed by atoms with Crippen molar-refractivity contribution in [2.24, 2.45) is 0 Å². The molecule has 0 amide bonds. The third-order valence-electron chi connectivity index (χ3n) is 2.65. The van der Waals surface area contributed by atoms with Gasteiger partial charge in [0, 0.05) is 19.5 Å². The van der Waals surface area contributed by atoms with Gasteiger partial charge < -0.3 is 13.8 Å². The van der Waals surface area contributed by atoms with Gasteiger partial charge in [-0.3, -0.25) is 0 Å². The molecule has 0 fully saturated rings. The topological polar surface area (TPSA) is 0 Å². The summed E-state index contributed by atoms with van der Waals surface area (Å²) in [6.45, 7) is 17.0. The Hall–Kier alpha value is 2.02. The zero-order valence-electron chi connectivity index (χ0n) is 15.0. The maximum Gasteiger partial charge on any atom is 1.00 e. The first-order chi connectivity index (χ1) is 8.35. The largest absolute Gasteiger partial charge is 1.00 e. The number of hydrogen-bond donors (Lipinski definition) is 0. The molecule has 3 heteroatoms. The van der Waals surface area contributed by atoms with Gasteiger partial charge in [0.1, 0.15) is 0 Å². The summed E-state index contributed by atoms with van der Waals surface area (Å²) in [7, 11) is 0. The fourth-order valence-corrected chi connectivity index (χ4v) is 11.1. The summed E-state index contributed by atoms with van der Waals surface area (Å²) < 4.78 is 5.04. The van der Waals surface area contributed by atoms with Crippen molar-refractivity contribution in [3.05, 3.63) is 13.8 Å². The molecule has 0 spiro atoms. The zero-order chi connectivity index (χ0) is 13.9. The second kappa shape index (κ2) is 36.8. The normalized spacial score (nSPS) is 8.21. The molecule has 0 saturated carbocycles. The molecule has 0 aliphatic carbocycles. The van der Waals surface area contributed by atoms with Crippen molar-refractivity contribution >= 4 is 19.8 Å². The van der Waals surface area contributed by atoms with Crippen molar-refractivity contribution < 1.29 is 38.3 Å². The van der Waals surface area contributed by atoms with Crippen LogP contribution in [0.15, 0.2) is 0 Å². The first kappa shape index (κ1) is 32.8. The summed E-state index contributed by atoms with van der Waals surface area (Å²) in [5.41, 5.74) is 0. The predicted molar refractivity (Wildman–Crippen MR) is 87.0 cm³/mol. The van der Waals surface area contributed by atoms with E-state index in [4.69, 9.17) is 0 Å². The average Bonchev–Trinajstić information content (AvgIpc) is 2.42. The van der Waals surface area contributed by atoms with Gasteiger partial charge in [0.05, 0.1) is 0 Å². The Morgan fingerprint density at radius 2 is 0.842 bits per heavy atom. The Morgan fingerprint density at radius 3 is 1.00 bits per heavy atom. The summed E-state index contributed by atoms with van der Waals surface area (Å²) in [5.74, 6) is 0. The predicted octanol–water partition coefficient (Wildman–Crippen LogP) is 3.56. The van der Waals surface area contributed by atoms with Crippen molar-refractivity contribution in [2.45, 2.75) is 86.5 Å². The molecule has 19 heavy (non-hydrogen) atoms. The van der Waals surface area contributed by atoms with Gasteiger partial charge in [0.15, 0.2) is 0 Å². The Morgan fingerprint density at radius 1 is 0.632 bits per heavy atom. The number of rotatable bonds is 9. The van der Waals surface area contributed by atoms with E-state index in [-0.39, 0.29) is 38.3 Å². The number of hydrogen-bond acceptors (Lipinski definition) is 0. The monoisotopic (exact) mass is 420 g/mol. The molecule has 0 N–H and O–H groups in total. The Bertz CT molecular complexity index is 83.7. The minimum atomic E-state index is -0.839. The zero-order valence-corrected chi connectivity index (χ0v) is 20.8. The summed E-state index contributed by atoms with van der Waals surface area (Å²) >= 11 is -0.839. The maximum absolute atomic E-state index is 3.25. The van der Waals surface area contributed by atoms with E-state index in [1.54, 1.807) is 27.2 Å². The van der Waals surface area contributed by atoms with Crippen LogP contribution in [0.3, 0.4) is 0 Å². The fourth-order valence-electron chi connectivity index (χ4n) is 1.66. The van der Waals surface area contributed by atoms with Gasteiger partial charge in [-0.15, -0.1) is 0 Å². The van der Waals surface area contributed by atoms with Crippen molar-refractivity contribution in [1.29, 1.82) is 0 Å².